The van der Waals surface area contributed by atoms with E-state index in [9.17, 15) is 19.2 Å². The van der Waals surface area contributed by atoms with Gasteiger partial charge >= 0.3 is 18.2 Å². The number of rotatable bonds is 8. The fourth-order valence-electron chi connectivity index (χ4n) is 1.79. The number of ether oxygens (including phenoxy) is 3. The van der Waals surface area contributed by atoms with Crippen molar-refractivity contribution in [2.45, 2.75) is 39.0 Å². The normalized spacial score (nSPS) is 11.7. The van der Waals surface area contributed by atoms with Crippen LogP contribution in [0.25, 0.3) is 0 Å². The van der Waals surface area contributed by atoms with Gasteiger partial charge in [0.05, 0.1) is 0 Å². The first-order valence-corrected chi connectivity index (χ1v) is 8.46. The molecule has 0 unspecified atom stereocenters. The molecule has 0 saturated heterocycles. The number of nitrogens with two attached hydrogens (primary N) is 1. The van der Waals surface area contributed by atoms with Crippen LogP contribution in [0.5, 0.6) is 0 Å². The van der Waals surface area contributed by atoms with Crippen molar-refractivity contribution in [3.05, 3.63) is 35.9 Å². The zero-order chi connectivity index (χ0) is 21.2. The van der Waals surface area contributed by atoms with Gasteiger partial charge in [-0.1, -0.05) is 30.3 Å². The highest BCUT2D eigenvalue weighted by molar-refractivity contribution is 5.85. The first kappa shape index (κ1) is 22.7. The Kier molecular flexibility index (Phi) is 8.73. The molecule has 0 radical (unpaired) electrons. The second kappa shape index (κ2) is 10.8. The van der Waals surface area contributed by atoms with Gasteiger partial charge in [-0.05, 0) is 26.3 Å². The van der Waals surface area contributed by atoms with Gasteiger partial charge in [0.2, 0.25) is 5.91 Å². The number of hydrogen-bond donors (Lipinski definition) is 3. The molecule has 4 N–H and O–H groups in total. The predicted octanol–water partition coefficient (Wildman–Crippen LogP) is 0.835. The minimum Gasteiger partial charge on any atom is -0.462 e. The second-order valence-corrected chi connectivity index (χ2v) is 6.70. The molecule has 1 aromatic rings. The molecule has 0 aliphatic heterocycles. The largest absolute Gasteiger partial charge is 0.462 e. The van der Waals surface area contributed by atoms with Crippen molar-refractivity contribution >= 4 is 24.1 Å². The van der Waals surface area contributed by atoms with Crippen molar-refractivity contribution < 1.29 is 33.4 Å². The van der Waals surface area contributed by atoms with Crippen LogP contribution in [0.2, 0.25) is 0 Å². The fourth-order valence-corrected chi connectivity index (χ4v) is 1.79. The number of alkyl carbamates (subject to hydrolysis) is 2. The fraction of sp³-hybridized carbons (Fsp3) is 0.444. The van der Waals surface area contributed by atoms with E-state index >= 15 is 0 Å². The summed E-state index contributed by atoms with van der Waals surface area (Å²) in [5, 5.41) is 4.42. The van der Waals surface area contributed by atoms with E-state index in [1.165, 1.54) is 0 Å². The van der Waals surface area contributed by atoms with E-state index in [4.69, 9.17) is 19.9 Å². The lowest BCUT2D eigenvalue weighted by molar-refractivity contribution is -0.144. The summed E-state index contributed by atoms with van der Waals surface area (Å²) >= 11 is 0. The number of carbonyl (C=O) groups excluding carboxylic acids is 4. The number of primary amides is 1. The van der Waals surface area contributed by atoms with Crippen LogP contribution in [0, 0.1) is 0 Å². The van der Waals surface area contributed by atoms with Crippen molar-refractivity contribution in [1.82, 2.24) is 10.6 Å². The van der Waals surface area contributed by atoms with Crippen molar-refractivity contribution in [2.75, 3.05) is 13.2 Å². The minimum absolute atomic E-state index is 0.00223. The third-order valence-electron chi connectivity index (χ3n) is 3.04. The molecule has 10 nitrogen and oxygen atoms in total. The molecular formula is C18H25N3O7. The topological polar surface area (TPSA) is 146 Å². The van der Waals surface area contributed by atoms with Crippen molar-refractivity contribution in [3.63, 3.8) is 0 Å². The molecule has 0 aliphatic rings. The van der Waals surface area contributed by atoms with E-state index in [2.05, 4.69) is 10.6 Å². The predicted molar refractivity (Wildman–Crippen MR) is 97.9 cm³/mol. The van der Waals surface area contributed by atoms with Gasteiger partial charge in [0.25, 0.3) is 0 Å². The van der Waals surface area contributed by atoms with E-state index in [1.807, 2.05) is 6.07 Å². The molecule has 154 valence electrons. The van der Waals surface area contributed by atoms with E-state index < -0.39 is 48.9 Å². The molecule has 0 spiro atoms. The molecule has 1 rings (SSSR count). The lowest BCUT2D eigenvalue weighted by atomic mass is 10.2. The molecule has 28 heavy (non-hydrogen) atoms. The summed E-state index contributed by atoms with van der Waals surface area (Å²) in [6, 6.07) is 7.63. The Morgan fingerprint density at radius 2 is 1.68 bits per heavy atom. The maximum Gasteiger partial charge on any atom is 0.408 e. The van der Waals surface area contributed by atoms with E-state index in [0.717, 1.165) is 5.56 Å². The van der Waals surface area contributed by atoms with Crippen LogP contribution in [0.1, 0.15) is 26.3 Å². The first-order valence-electron chi connectivity index (χ1n) is 8.46. The highest BCUT2D eigenvalue weighted by Crippen LogP contribution is 2.06. The molecule has 1 aromatic carbocycles. The summed E-state index contributed by atoms with van der Waals surface area (Å²) in [5.74, 6) is -1.75. The average Bonchev–Trinajstić information content (AvgIpc) is 2.61. The zero-order valence-electron chi connectivity index (χ0n) is 16.0. The molecule has 0 saturated carbocycles. The molecule has 1 atom stereocenters. The minimum atomic E-state index is -1.28. The van der Waals surface area contributed by atoms with Crippen molar-refractivity contribution in [3.8, 4) is 0 Å². The summed E-state index contributed by atoms with van der Waals surface area (Å²) in [7, 11) is 0. The van der Waals surface area contributed by atoms with Crippen LogP contribution in [0.15, 0.2) is 30.3 Å². The second-order valence-electron chi connectivity index (χ2n) is 6.70. The Bertz CT molecular complexity index is 686. The van der Waals surface area contributed by atoms with Gasteiger partial charge in [-0.2, -0.15) is 0 Å². The number of benzene rings is 1. The summed E-state index contributed by atoms with van der Waals surface area (Å²) in [6.45, 7) is 4.03. The highest BCUT2D eigenvalue weighted by Gasteiger charge is 2.22. The van der Waals surface area contributed by atoms with Crippen molar-refractivity contribution in [1.29, 1.82) is 0 Å². The third kappa shape index (κ3) is 10.00. The van der Waals surface area contributed by atoms with E-state index in [1.54, 1.807) is 45.0 Å². The molecular weight excluding hydrogens is 370 g/mol. The maximum atomic E-state index is 11.8. The number of carbonyl (C=O) groups is 4. The van der Waals surface area contributed by atoms with Crippen LogP contribution in [0.4, 0.5) is 9.59 Å². The Morgan fingerprint density at radius 1 is 1.04 bits per heavy atom. The quantitative estimate of drug-likeness (QED) is 0.436. The van der Waals surface area contributed by atoms with Gasteiger partial charge in [-0.15, -0.1) is 0 Å². The van der Waals surface area contributed by atoms with Crippen LogP contribution in [-0.4, -0.2) is 48.9 Å². The summed E-state index contributed by atoms with van der Waals surface area (Å²) in [4.78, 5) is 46.3. The Morgan fingerprint density at radius 3 is 2.25 bits per heavy atom. The van der Waals surface area contributed by atoms with Gasteiger partial charge in [-0.25, -0.2) is 9.59 Å². The lowest BCUT2D eigenvalue weighted by Gasteiger charge is -2.19. The zero-order valence-corrected chi connectivity index (χ0v) is 16.0. The third-order valence-corrected chi connectivity index (χ3v) is 3.04. The summed E-state index contributed by atoms with van der Waals surface area (Å²) < 4.78 is 14.8. The van der Waals surface area contributed by atoms with Gasteiger partial charge in [0, 0.05) is 0 Å². The number of hydrogen-bond acceptors (Lipinski definition) is 7. The first-order chi connectivity index (χ1) is 13.1. The SMILES string of the molecule is CC(C)(C)OC(=O)NCC(=O)OC[C@@H](NC(=O)OCc1ccccc1)C(N)=O. The van der Waals surface area contributed by atoms with Crippen LogP contribution in [0.3, 0.4) is 0 Å². The van der Waals surface area contributed by atoms with E-state index in [-0.39, 0.29) is 6.61 Å². The molecule has 0 aromatic heterocycles. The number of nitrogens with one attached hydrogen (secondary N) is 2. The molecule has 0 fully saturated rings. The lowest BCUT2D eigenvalue weighted by Crippen LogP contribution is -2.48. The van der Waals surface area contributed by atoms with Gasteiger partial charge < -0.3 is 30.6 Å². The monoisotopic (exact) mass is 395 g/mol. The Labute approximate surface area is 162 Å². The number of esters is 1. The van der Waals surface area contributed by atoms with Gasteiger partial charge in [0.15, 0.2) is 0 Å². The molecule has 3 amide bonds. The summed E-state index contributed by atoms with van der Waals surface area (Å²) in [6.07, 6.45) is -1.69. The van der Waals surface area contributed by atoms with E-state index in [0.29, 0.717) is 0 Å². The van der Waals surface area contributed by atoms with Crippen molar-refractivity contribution in [2.24, 2.45) is 5.73 Å². The highest BCUT2D eigenvalue weighted by atomic mass is 16.6. The van der Waals surface area contributed by atoms with Gasteiger partial charge in [0.1, 0.15) is 31.4 Å². The summed E-state index contributed by atoms with van der Waals surface area (Å²) in [5.41, 5.74) is 5.22. The standard InChI is InChI=1S/C18H25N3O7/c1-18(2,3)28-16(24)20-9-14(22)26-11-13(15(19)23)21-17(25)27-10-12-7-5-4-6-8-12/h4-8,13H,9-11H2,1-3H3,(H2,19,23)(H,20,24)(H,21,25)/t13-/m1/s1. The number of amides is 3. The smallest absolute Gasteiger partial charge is 0.408 e. The molecule has 0 heterocycles. The Hall–Kier alpha value is -3.30. The molecule has 10 heteroatoms. The molecule has 0 bridgehead atoms. The average molecular weight is 395 g/mol. The van der Waals surface area contributed by atoms with Crippen LogP contribution >= 0.6 is 0 Å². The van der Waals surface area contributed by atoms with Crippen LogP contribution < -0.4 is 16.4 Å². The Balaban J connectivity index is 2.37. The maximum absolute atomic E-state index is 11.8. The van der Waals surface area contributed by atoms with Crippen LogP contribution in [-0.2, 0) is 30.4 Å². The molecule has 0 aliphatic carbocycles. The van der Waals surface area contributed by atoms with Gasteiger partial charge in [-0.3, -0.25) is 9.59 Å².